The van der Waals surface area contributed by atoms with Crippen molar-refractivity contribution in [2.24, 2.45) is 5.92 Å². The number of nitrogens with one attached hydrogen (secondary N) is 2. The van der Waals surface area contributed by atoms with Crippen LogP contribution in [0.1, 0.15) is 19.8 Å². The molecule has 0 radical (unpaired) electrons. The number of nitro groups is 1. The zero-order valence-electron chi connectivity index (χ0n) is 17.4. The number of likely N-dealkylation sites (N-methyl/N-ethyl adjacent to an activating group) is 1. The molecule has 1 saturated heterocycles. The quantitative estimate of drug-likeness (QED) is 0.496. The van der Waals surface area contributed by atoms with Crippen LogP contribution >= 0.6 is 0 Å². The summed E-state index contributed by atoms with van der Waals surface area (Å²) in [6, 6.07) is 13.5. The second-order valence-electron chi connectivity index (χ2n) is 7.26. The van der Waals surface area contributed by atoms with Crippen molar-refractivity contribution in [2.75, 3.05) is 36.5 Å². The predicted octanol–water partition coefficient (Wildman–Crippen LogP) is 2.96. The minimum absolute atomic E-state index is 0.0578. The Balaban J connectivity index is 1.50. The van der Waals surface area contributed by atoms with Crippen molar-refractivity contribution in [3.05, 3.63) is 58.6 Å². The van der Waals surface area contributed by atoms with Crippen LogP contribution in [0.2, 0.25) is 0 Å². The van der Waals surface area contributed by atoms with Gasteiger partial charge in [0.2, 0.25) is 5.91 Å². The molecule has 3 rings (SSSR count). The number of piperidine rings is 1. The van der Waals surface area contributed by atoms with Crippen LogP contribution in [0.4, 0.5) is 17.1 Å². The fourth-order valence-electron chi connectivity index (χ4n) is 3.54. The lowest BCUT2D eigenvalue weighted by Gasteiger charge is -2.32. The Kier molecular flexibility index (Phi) is 7.42. The van der Waals surface area contributed by atoms with E-state index in [1.807, 2.05) is 11.8 Å². The lowest BCUT2D eigenvalue weighted by molar-refractivity contribution is -0.384. The van der Waals surface area contributed by atoms with E-state index in [2.05, 4.69) is 10.6 Å². The van der Waals surface area contributed by atoms with Gasteiger partial charge in [-0.2, -0.15) is 0 Å². The topological polar surface area (TPSA) is 114 Å². The summed E-state index contributed by atoms with van der Waals surface area (Å²) in [4.78, 5) is 36.9. The lowest BCUT2D eigenvalue weighted by Crippen LogP contribution is -2.38. The average Bonchev–Trinajstić information content (AvgIpc) is 2.79. The second-order valence-corrected chi connectivity index (χ2v) is 7.26. The molecule has 1 aliphatic rings. The minimum Gasteiger partial charge on any atom is -0.484 e. The number of carbonyl (C=O) groups excluding carboxylic acids is 2. The summed E-state index contributed by atoms with van der Waals surface area (Å²) in [7, 11) is 0. The summed E-state index contributed by atoms with van der Waals surface area (Å²) in [5, 5.41) is 16.8. The Labute approximate surface area is 180 Å². The Bertz CT molecular complexity index is 924. The number of benzene rings is 2. The normalized spacial score (nSPS) is 14.0. The number of hydrogen-bond acceptors (Lipinski definition) is 6. The van der Waals surface area contributed by atoms with Crippen LogP contribution in [0.15, 0.2) is 48.5 Å². The van der Waals surface area contributed by atoms with Gasteiger partial charge < -0.3 is 20.3 Å². The van der Waals surface area contributed by atoms with Crippen molar-refractivity contribution in [1.82, 2.24) is 5.32 Å². The first-order valence-electron chi connectivity index (χ1n) is 10.3. The third-order valence-corrected chi connectivity index (χ3v) is 5.15. The Morgan fingerprint density at radius 3 is 2.45 bits per heavy atom. The monoisotopic (exact) mass is 426 g/mol. The molecule has 31 heavy (non-hydrogen) atoms. The van der Waals surface area contributed by atoms with Crippen LogP contribution in [-0.4, -0.2) is 43.0 Å². The van der Waals surface area contributed by atoms with E-state index in [9.17, 15) is 19.7 Å². The Hall–Kier alpha value is -3.62. The van der Waals surface area contributed by atoms with Gasteiger partial charge in [-0.15, -0.1) is 0 Å². The first-order chi connectivity index (χ1) is 15.0. The highest BCUT2D eigenvalue weighted by molar-refractivity contribution is 5.92. The molecule has 0 bridgehead atoms. The maximum Gasteiger partial charge on any atom is 0.292 e. The van der Waals surface area contributed by atoms with Crippen LogP contribution in [0.3, 0.4) is 0 Å². The van der Waals surface area contributed by atoms with Gasteiger partial charge in [0.05, 0.1) is 4.92 Å². The van der Waals surface area contributed by atoms with Gasteiger partial charge in [-0.05, 0) is 50.1 Å². The van der Waals surface area contributed by atoms with Crippen molar-refractivity contribution in [3.8, 4) is 5.75 Å². The van der Waals surface area contributed by atoms with Crippen LogP contribution < -0.4 is 20.3 Å². The molecule has 9 nitrogen and oxygen atoms in total. The van der Waals surface area contributed by atoms with Crippen molar-refractivity contribution in [3.63, 3.8) is 0 Å². The number of anilines is 2. The standard InChI is InChI=1S/C22H26N4O5/c1-2-23-21(27)15-31-18-9-7-17(8-10-18)24-22(28)16-11-13-25(14-12-16)19-5-3-4-6-20(19)26(29)30/h3-10,16H,2,11-15H2,1H3,(H,23,27)(H,24,28). The molecule has 164 valence electrons. The van der Waals surface area contributed by atoms with Crippen molar-refractivity contribution >= 4 is 28.9 Å². The van der Waals surface area contributed by atoms with Gasteiger partial charge in [-0.25, -0.2) is 0 Å². The maximum absolute atomic E-state index is 12.6. The van der Waals surface area contributed by atoms with E-state index in [1.165, 1.54) is 6.07 Å². The predicted molar refractivity (Wildman–Crippen MR) is 117 cm³/mol. The van der Waals surface area contributed by atoms with E-state index < -0.39 is 0 Å². The zero-order chi connectivity index (χ0) is 22.2. The van der Waals surface area contributed by atoms with Crippen LogP contribution in [0.5, 0.6) is 5.75 Å². The number of hydrogen-bond donors (Lipinski definition) is 2. The molecule has 2 amide bonds. The molecule has 2 aromatic rings. The van der Waals surface area contributed by atoms with Gasteiger partial charge in [0.1, 0.15) is 11.4 Å². The number of amides is 2. The summed E-state index contributed by atoms with van der Waals surface area (Å²) in [5.74, 6) is 0.125. The molecule has 1 aliphatic heterocycles. The van der Waals surface area contributed by atoms with Crippen molar-refractivity contribution in [2.45, 2.75) is 19.8 Å². The molecule has 1 fully saturated rings. The van der Waals surface area contributed by atoms with E-state index >= 15 is 0 Å². The molecular weight excluding hydrogens is 400 g/mol. The van der Waals surface area contributed by atoms with E-state index in [-0.39, 0.29) is 34.9 Å². The molecule has 0 aromatic heterocycles. The molecular formula is C22H26N4O5. The summed E-state index contributed by atoms with van der Waals surface area (Å²) < 4.78 is 5.40. The van der Waals surface area contributed by atoms with Gasteiger partial charge in [0.25, 0.3) is 11.6 Å². The smallest absolute Gasteiger partial charge is 0.292 e. The van der Waals surface area contributed by atoms with E-state index in [4.69, 9.17) is 4.74 Å². The highest BCUT2D eigenvalue weighted by atomic mass is 16.6. The molecule has 9 heteroatoms. The van der Waals surface area contributed by atoms with E-state index in [0.717, 1.165) is 0 Å². The van der Waals surface area contributed by atoms with E-state index in [0.29, 0.717) is 49.6 Å². The first-order valence-corrected chi connectivity index (χ1v) is 10.3. The van der Waals surface area contributed by atoms with Crippen molar-refractivity contribution < 1.29 is 19.2 Å². The van der Waals surface area contributed by atoms with Crippen LogP contribution in [0.25, 0.3) is 0 Å². The highest BCUT2D eigenvalue weighted by Gasteiger charge is 2.28. The third kappa shape index (κ3) is 5.94. The van der Waals surface area contributed by atoms with Crippen LogP contribution in [0, 0.1) is 16.0 Å². The van der Waals surface area contributed by atoms with Gasteiger partial charge in [-0.3, -0.25) is 19.7 Å². The lowest BCUT2D eigenvalue weighted by atomic mass is 9.95. The fraction of sp³-hybridized carbons (Fsp3) is 0.364. The number of ether oxygens (including phenoxy) is 1. The Morgan fingerprint density at radius 1 is 1.13 bits per heavy atom. The number of nitrogens with zero attached hydrogens (tertiary/aromatic N) is 2. The van der Waals surface area contributed by atoms with Gasteiger partial charge in [0.15, 0.2) is 6.61 Å². The number of rotatable bonds is 8. The molecule has 0 aliphatic carbocycles. The summed E-state index contributed by atoms with van der Waals surface area (Å²) in [6.07, 6.45) is 1.23. The largest absolute Gasteiger partial charge is 0.484 e. The summed E-state index contributed by atoms with van der Waals surface area (Å²) >= 11 is 0. The number of nitro benzene ring substituents is 1. The van der Waals surface area contributed by atoms with Gasteiger partial charge >= 0.3 is 0 Å². The summed E-state index contributed by atoms with van der Waals surface area (Å²) in [6.45, 7) is 3.49. The molecule has 0 atom stereocenters. The fourth-order valence-corrected chi connectivity index (χ4v) is 3.54. The molecule has 0 saturated carbocycles. The SMILES string of the molecule is CCNC(=O)COc1ccc(NC(=O)C2CCN(c3ccccc3[N+](=O)[O-])CC2)cc1. The van der Waals surface area contributed by atoms with E-state index in [1.54, 1.807) is 42.5 Å². The molecule has 1 heterocycles. The number of para-hydroxylation sites is 2. The minimum atomic E-state index is -0.377. The first kappa shape index (κ1) is 22.1. The van der Waals surface area contributed by atoms with Crippen LogP contribution in [-0.2, 0) is 9.59 Å². The third-order valence-electron chi connectivity index (χ3n) is 5.15. The van der Waals surface area contributed by atoms with Gasteiger partial charge in [0, 0.05) is 37.3 Å². The zero-order valence-corrected chi connectivity index (χ0v) is 17.4. The number of carbonyl (C=O) groups is 2. The Morgan fingerprint density at radius 2 is 1.81 bits per heavy atom. The molecule has 2 aromatic carbocycles. The molecule has 0 unspecified atom stereocenters. The highest BCUT2D eigenvalue weighted by Crippen LogP contribution is 2.31. The maximum atomic E-state index is 12.6. The average molecular weight is 426 g/mol. The molecule has 2 N–H and O–H groups in total. The molecule has 0 spiro atoms. The summed E-state index contributed by atoms with van der Waals surface area (Å²) in [5.41, 5.74) is 1.32. The van der Waals surface area contributed by atoms with Gasteiger partial charge in [-0.1, -0.05) is 12.1 Å². The second kappa shape index (κ2) is 10.4. The van der Waals surface area contributed by atoms with Crippen molar-refractivity contribution in [1.29, 1.82) is 0 Å².